The number of carbonyl (C=O) groups is 1. The van der Waals surface area contributed by atoms with Crippen LogP contribution in [-0.2, 0) is 17.6 Å². The summed E-state index contributed by atoms with van der Waals surface area (Å²) in [6.45, 7) is 6.21. The third kappa shape index (κ3) is 2.98. The van der Waals surface area contributed by atoms with Crippen molar-refractivity contribution in [1.82, 2.24) is 0 Å². The zero-order valence-electron chi connectivity index (χ0n) is 18.2. The van der Waals surface area contributed by atoms with Gasteiger partial charge in [-0.1, -0.05) is 31.5 Å². The van der Waals surface area contributed by atoms with Crippen molar-refractivity contribution in [3.05, 3.63) is 75.5 Å². The molecule has 5 rings (SSSR count). The summed E-state index contributed by atoms with van der Waals surface area (Å²) in [5, 5.41) is 11.4. The summed E-state index contributed by atoms with van der Waals surface area (Å²) in [5.41, 5.74) is 5.43. The lowest BCUT2D eigenvalue weighted by Gasteiger charge is -2.31. The number of benzene rings is 2. The number of hydrogen-bond donors (Lipinski definition) is 1. The summed E-state index contributed by atoms with van der Waals surface area (Å²) in [6, 6.07) is 7.94. The Hall–Kier alpha value is -2.49. The SMILES string of the molecule is CCc1cc(C)cc(CC)c1C1=C(O)[C@@H]2C3CC(CC3c3cc(F)cc(F)c3)[C@@H]2C1=O. The molecule has 2 aromatic rings. The molecule has 0 radical (unpaired) electrons. The first-order valence-corrected chi connectivity index (χ1v) is 11.4. The summed E-state index contributed by atoms with van der Waals surface area (Å²) in [5.74, 6) is -1.16. The van der Waals surface area contributed by atoms with Gasteiger partial charge in [0.15, 0.2) is 5.78 Å². The number of aliphatic hydroxyl groups excluding tert-OH is 1. The minimum absolute atomic E-state index is 0.0277. The second-order valence-electron chi connectivity index (χ2n) is 9.55. The first-order valence-electron chi connectivity index (χ1n) is 11.4. The molecule has 3 unspecified atom stereocenters. The van der Waals surface area contributed by atoms with E-state index in [1.165, 1.54) is 12.1 Å². The maximum Gasteiger partial charge on any atom is 0.170 e. The fourth-order valence-corrected chi connectivity index (χ4v) is 6.81. The topological polar surface area (TPSA) is 37.3 Å². The third-order valence-electron chi connectivity index (χ3n) is 7.90. The molecule has 2 nitrogen and oxygen atoms in total. The fourth-order valence-electron chi connectivity index (χ4n) is 6.81. The van der Waals surface area contributed by atoms with Gasteiger partial charge in [0.25, 0.3) is 0 Å². The normalized spacial score (nSPS) is 29.2. The first-order chi connectivity index (χ1) is 14.8. The number of rotatable bonds is 4. The number of aliphatic hydroxyl groups is 1. The highest BCUT2D eigenvalue weighted by atomic mass is 19.1. The Morgan fingerprint density at radius 1 is 0.935 bits per heavy atom. The maximum atomic E-state index is 13.9. The monoisotopic (exact) mass is 422 g/mol. The van der Waals surface area contributed by atoms with E-state index in [-0.39, 0.29) is 41.1 Å². The van der Waals surface area contributed by atoms with Crippen molar-refractivity contribution >= 4 is 11.4 Å². The highest BCUT2D eigenvalue weighted by Crippen LogP contribution is 2.64. The van der Waals surface area contributed by atoms with Gasteiger partial charge in [-0.25, -0.2) is 8.78 Å². The van der Waals surface area contributed by atoms with Gasteiger partial charge < -0.3 is 5.11 Å². The van der Waals surface area contributed by atoms with E-state index in [4.69, 9.17) is 0 Å². The average molecular weight is 423 g/mol. The number of ketones is 1. The molecule has 0 aromatic heterocycles. The van der Waals surface area contributed by atoms with Crippen molar-refractivity contribution in [2.24, 2.45) is 23.7 Å². The van der Waals surface area contributed by atoms with Gasteiger partial charge in [0.05, 0.1) is 5.57 Å². The van der Waals surface area contributed by atoms with Crippen LogP contribution >= 0.6 is 0 Å². The highest BCUT2D eigenvalue weighted by Gasteiger charge is 2.61. The maximum absolute atomic E-state index is 13.9. The van der Waals surface area contributed by atoms with E-state index in [0.29, 0.717) is 11.1 Å². The Kier molecular flexibility index (Phi) is 4.80. The van der Waals surface area contributed by atoms with Gasteiger partial charge in [0, 0.05) is 17.9 Å². The summed E-state index contributed by atoms with van der Waals surface area (Å²) in [6.07, 6.45) is 3.16. The van der Waals surface area contributed by atoms with Crippen LogP contribution in [0.2, 0.25) is 0 Å². The lowest BCUT2D eigenvalue weighted by molar-refractivity contribution is -0.119. The molecule has 2 saturated carbocycles. The molecule has 3 aliphatic rings. The van der Waals surface area contributed by atoms with E-state index >= 15 is 0 Å². The molecule has 0 heterocycles. The predicted octanol–water partition coefficient (Wildman–Crippen LogP) is 6.31. The first kappa shape index (κ1) is 20.4. The van der Waals surface area contributed by atoms with Crippen molar-refractivity contribution in [2.45, 2.75) is 52.4 Å². The lowest BCUT2D eigenvalue weighted by atomic mass is 9.72. The quantitative estimate of drug-likeness (QED) is 0.627. The number of Topliss-reactive ketones (excluding diaryl/α,β-unsaturated/α-hetero) is 1. The predicted molar refractivity (Wildman–Crippen MR) is 117 cm³/mol. The summed E-state index contributed by atoms with van der Waals surface area (Å²) >= 11 is 0. The van der Waals surface area contributed by atoms with Crippen LogP contribution in [0.15, 0.2) is 36.1 Å². The largest absolute Gasteiger partial charge is 0.511 e. The second-order valence-corrected chi connectivity index (χ2v) is 9.55. The molecule has 0 saturated heterocycles. The average Bonchev–Trinajstić information content (AvgIpc) is 3.38. The molecule has 0 amide bonds. The molecule has 4 heteroatoms. The van der Waals surface area contributed by atoms with Crippen molar-refractivity contribution in [2.75, 3.05) is 0 Å². The van der Waals surface area contributed by atoms with Crippen molar-refractivity contribution in [1.29, 1.82) is 0 Å². The Morgan fingerprint density at radius 3 is 2.13 bits per heavy atom. The molecule has 3 aliphatic carbocycles. The molecular weight excluding hydrogens is 394 g/mol. The minimum atomic E-state index is -0.572. The Morgan fingerprint density at radius 2 is 1.55 bits per heavy atom. The van der Waals surface area contributed by atoms with Gasteiger partial charge in [-0.05, 0) is 84.7 Å². The van der Waals surface area contributed by atoms with E-state index < -0.39 is 11.6 Å². The van der Waals surface area contributed by atoms with E-state index in [2.05, 4.69) is 32.9 Å². The van der Waals surface area contributed by atoms with Crippen LogP contribution in [0.1, 0.15) is 60.4 Å². The highest BCUT2D eigenvalue weighted by molar-refractivity contribution is 6.25. The molecule has 2 fully saturated rings. The Bertz CT molecular complexity index is 1070. The molecule has 2 aromatic carbocycles. The van der Waals surface area contributed by atoms with Crippen molar-refractivity contribution < 1.29 is 18.7 Å². The molecule has 2 bridgehead atoms. The fraction of sp³-hybridized carbons (Fsp3) is 0.444. The summed E-state index contributed by atoms with van der Waals surface area (Å²) in [4.78, 5) is 13.6. The number of aryl methyl sites for hydroxylation is 3. The smallest absolute Gasteiger partial charge is 0.170 e. The molecule has 162 valence electrons. The number of allylic oxidation sites excluding steroid dienone is 2. The van der Waals surface area contributed by atoms with E-state index in [0.717, 1.165) is 54.0 Å². The zero-order chi connectivity index (χ0) is 22.0. The number of fused-ring (bicyclic) bond motifs is 5. The van der Waals surface area contributed by atoms with E-state index in [1.54, 1.807) is 0 Å². The van der Waals surface area contributed by atoms with Gasteiger partial charge in [-0.2, -0.15) is 0 Å². The molecule has 0 aliphatic heterocycles. The standard InChI is InChI=1S/C27H28F2O2/c1-4-14-6-13(3)7-15(5-2)22(14)25-26(30)23-17-10-20(21(11-17)24(23)27(25)31)16-8-18(28)12-19(29)9-16/h6-9,12,17,20-21,23-24,31H,4-5,10-11H2,1-3H3/t17?,20?,21?,23-,24+/m0/s1. The van der Waals surface area contributed by atoms with Crippen LogP contribution in [0.3, 0.4) is 0 Å². The van der Waals surface area contributed by atoms with Crippen LogP contribution in [0.4, 0.5) is 8.78 Å². The van der Waals surface area contributed by atoms with Crippen LogP contribution in [0.5, 0.6) is 0 Å². The van der Waals surface area contributed by atoms with Crippen molar-refractivity contribution in [3.8, 4) is 0 Å². The molecule has 1 N–H and O–H groups in total. The third-order valence-corrected chi connectivity index (χ3v) is 7.90. The molecule has 5 atom stereocenters. The van der Waals surface area contributed by atoms with Gasteiger partial charge in [0.1, 0.15) is 17.4 Å². The van der Waals surface area contributed by atoms with Gasteiger partial charge in [0.2, 0.25) is 0 Å². The summed E-state index contributed by atoms with van der Waals surface area (Å²) in [7, 11) is 0. The number of hydrogen-bond acceptors (Lipinski definition) is 2. The van der Waals surface area contributed by atoms with Crippen molar-refractivity contribution in [3.63, 3.8) is 0 Å². The Balaban J connectivity index is 1.60. The summed E-state index contributed by atoms with van der Waals surface area (Å²) < 4.78 is 27.7. The van der Waals surface area contributed by atoms with Crippen LogP contribution in [0.25, 0.3) is 5.57 Å². The van der Waals surface area contributed by atoms with Crippen LogP contribution in [-0.4, -0.2) is 10.9 Å². The van der Waals surface area contributed by atoms with E-state index in [1.807, 2.05) is 0 Å². The second kappa shape index (κ2) is 7.29. The molecule has 31 heavy (non-hydrogen) atoms. The van der Waals surface area contributed by atoms with Gasteiger partial charge in [-0.3, -0.25) is 4.79 Å². The van der Waals surface area contributed by atoms with Crippen LogP contribution in [0, 0.1) is 42.2 Å². The lowest BCUT2D eigenvalue weighted by Crippen LogP contribution is -2.29. The van der Waals surface area contributed by atoms with Crippen LogP contribution < -0.4 is 0 Å². The van der Waals surface area contributed by atoms with E-state index in [9.17, 15) is 18.7 Å². The minimum Gasteiger partial charge on any atom is -0.511 e. The Labute approximate surface area is 182 Å². The zero-order valence-corrected chi connectivity index (χ0v) is 18.2. The number of halogens is 2. The number of carbonyl (C=O) groups excluding carboxylic acids is 1. The molecule has 0 spiro atoms. The molecular formula is C27H28F2O2. The van der Waals surface area contributed by atoms with Gasteiger partial charge >= 0.3 is 0 Å². The van der Waals surface area contributed by atoms with Gasteiger partial charge in [-0.15, -0.1) is 0 Å².